The topological polar surface area (TPSA) is 3.24 Å². The largest absolute Gasteiger partial charge is 0.306 e. The summed E-state index contributed by atoms with van der Waals surface area (Å²) in [4.78, 5) is 2.50. The highest BCUT2D eigenvalue weighted by atomic mass is 15.1. The summed E-state index contributed by atoms with van der Waals surface area (Å²) in [5.41, 5.74) is 0. The Kier molecular flexibility index (Phi) is 1.71. The SMILES string of the molecule is CC1C2CCN(C)CC1C2C. The van der Waals surface area contributed by atoms with Crippen molar-refractivity contribution in [1.82, 2.24) is 4.90 Å². The third-order valence-electron chi connectivity index (χ3n) is 4.07. The van der Waals surface area contributed by atoms with Crippen LogP contribution < -0.4 is 0 Å². The fourth-order valence-corrected chi connectivity index (χ4v) is 3.13. The van der Waals surface area contributed by atoms with Crippen molar-refractivity contribution in [3.8, 4) is 0 Å². The first-order valence-electron chi connectivity index (χ1n) is 4.88. The molecule has 3 fully saturated rings. The Hall–Kier alpha value is -0.0400. The molecule has 1 saturated carbocycles. The molecule has 2 saturated heterocycles. The predicted octanol–water partition coefficient (Wildman–Crippen LogP) is 1.84. The Labute approximate surface area is 69.8 Å². The van der Waals surface area contributed by atoms with E-state index in [1.807, 2.05) is 0 Å². The molecule has 2 heterocycles. The van der Waals surface area contributed by atoms with Crippen LogP contribution >= 0.6 is 0 Å². The molecule has 2 atom stereocenters. The zero-order valence-electron chi connectivity index (χ0n) is 7.88. The van der Waals surface area contributed by atoms with E-state index in [1.165, 1.54) is 19.5 Å². The van der Waals surface area contributed by atoms with Crippen molar-refractivity contribution < 1.29 is 0 Å². The summed E-state index contributed by atoms with van der Waals surface area (Å²) in [5, 5.41) is 0. The monoisotopic (exact) mass is 153 g/mol. The highest BCUT2D eigenvalue weighted by molar-refractivity contribution is 4.96. The number of rotatable bonds is 0. The summed E-state index contributed by atoms with van der Waals surface area (Å²) >= 11 is 0. The van der Waals surface area contributed by atoms with E-state index in [-0.39, 0.29) is 0 Å². The Morgan fingerprint density at radius 2 is 1.73 bits per heavy atom. The number of fused-ring (bicyclic) bond motifs is 3. The van der Waals surface area contributed by atoms with Crippen molar-refractivity contribution in [1.29, 1.82) is 0 Å². The molecular formula is C10H19N. The minimum absolute atomic E-state index is 1.01. The Bertz CT molecular complexity index is 145. The fraction of sp³-hybridized carbons (Fsp3) is 1.00. The molecular weight excluding hydrogens is 134 g/mol. The minimum atomic E-state index is 1.01. The lowest BCUT2D eigenvalue weighted by molar-refractivity contribution is 0.0112. The first-order valence-corrected chi connectivity index (χ1v) is 4.88. The molecule has 64 valence electrons. The zero-order valence-corrected chi connectivity index (χ0v) is 7.88. The lowest BCUT2D eigenvalue weighted by atomic mass is 9.58. The van der Waals surface area contributed by atoms with E-state index in [0.717, 1.165) is 23.7 Å². The molecule has 0 amide bonds. The number of nitrogens with zero attached hydrogens (tertiary/aromatic N) is 1. The Morgan fingerprint density at radius 1 is 1.09 bits per heavy atom. The van der Waals surface area contributed by atoms with Crippen LogP contribution in [-0.2, 0) is 0 Å². The summed E-state index contributed by atoms with van der Waals surface area (Å²) < 4.78 is 0. The third kappa shape index (κ3) is 1.01. The Balaban J connectivity index is 2.08. The molecule has 0 aromatic rings. The fourth-order valence-electron chi connectivity index (χ4n) is 3.13. The predicted molar refractivity (Wildman–Crippen MR) is 47.4 cm³/mol. The molecule has 2 unspecified atom stereocenters. The first kappa shape index (κ1) is 7.60. The molecule has 1 heteroatoms. The maximum Gasteiger partial charge on any atom is 0.00119 e. The molecule has 2 bridgehead atoms. The van der Waals surface area contributed by atoms with Gasteiger partial charge in [-0.2, -0.15) is 0 Å². The molecule has 0 N–H and O–H groups in total. The van der Waals surface area contributed by atoms with Crippen LogP contribution in [0.1, 0.15) is 20.3 Å². The third-order valence-corrected chi connectivity index (χ3v) is 4.07. The molecule has 0 aromatic carbocycles. The van der Waals surface area contributed by atoms with Crippen molar-refractivity contribution in [3.63, 3.8) is 0 Å². The minimum Gasteiger partial charge on any atom is -0.306 e. The summed E-state index contributed by atoms with van der Waals surface area (Å²) in [6.45, 7) is 7.55. The summed E-state index contributed by atoms with van der Waals surface area (Å²) in [6, 6.07) is 0. The second-order valence-electron chi connectivity index (χ2n) is 4.60. The van der Waals surface area contributed by atoms with Crippen molar-refractivity contribution in [2.24, 2.45) is 23.7 Å². The summed E-state index contributed by atoms with van der Waals surface area (Å²) in [6.07, 6.45) is 1.44. The molecule has 3 aliphatic rings. The molecule has 11 heavy (non-hydrogen) atoms. The average molecular weight is 153 g/mol. The van der Waals surface area contributed by atoms with Gasteiger partial charge in [-0.1, -0.05) is 13.8 Å². The lowest BCUT2D eigenvalue weighted by Crippen LogP contribution is -2.44. The highest BCUT2D eigenvalue weighted by Crippen LogP contribution is 2.49. The van der Waals surface area contributed by atoms with Gasteiger partial charge in [-0.3, -0.25) is 0 Å². The van der Waals surface area contributed by atoms with Gasteiger partial charge in [0.15, 0.2) is 0 Å². The normalized spacial score (nSPS) is 51.5. The van der Waals surface area contributed by atoms with Gasteiger partial charge in [0.1, 0.15) is 0 Å². The second-order valence-corrected chi connectivity index (χ2v) is 4.60. The van der Waals surface area contributed by atoms with Crippen LogP contribution in [0.3, 0.4) is 0 Å². The standard InChI is InChI=1S/C10H19N/c1-7-9-4-5-11(3)6-10(7)8(9)2/h7-10H,4-6H2,1-3H3. The van der Waals surface area contributed by atoms with Gasteiger partial charge < -0.3 is 4.90 Å². The maximum absolute atomic E-state index is 2.50. The quantitative estimate of drug-likeness (QED) is 0.513. The van der Waals surface area contributed by atoms with E-state index < -0.39 is 0 Å². The van der Waals surface area contributed by atoms with E-state index >= 15 is 0 Å². The van der Waals surface area contributed by atoms with Gasteiger partial charge in [0.25, 0.3) is 0 Å². The highest BCUT2D eigenvalue weighted by Gasteiger charge is 2.46. The van der Waals surface area contributed by atoms with E-state index in [2.05, 4.69) is 25.8 Å². The number of hydrogen-bond donors (Lipinski definition) is 0. The average Bonchev–Trinajstić information content (AvgIpc) is 2.21. The smallest absolute Gasteiger partial charge is 0.00119 e. The number of hydrogen-bond acceptors (Lipinski definition) is 1. The van der Waals surface area contributed by atoms with Crippen LogP contribution in [0.5, 0.6) is 0 Å². The summed E-state index contributed by atoms with van der Waals surface area (Å²) in [5.74, 6) is 4.07. The molecule has 3 rings (SSSR count). The van der Waals surface area contributed by atoms with Crippen LogP contribution in [0.2, 0.25) is 0 Å². The molecule has 0 spiro atoms. The van der Waals surface area contributed by atoms with Gasteiger partial charge in [0.2, 0.25) is 0 Å². The molecule has 1 nitrogen and oxygen atoms in total. The van der Waals surface area contributed by atoms with Crippen LogP contribution in [0.15, 0.2) is 0 Å². The van der Waals surface area contributed by atoms with Crippen LogP contribution in [-0.4, -0.2) is 25.0 Å². The van der Waals surface area contributed by atoms with E-state index in [9.17, 15) is 0 Å². The van der Waals surface area contributed by atoms with Crippen LogP contribution in [0.4, 0.5) is 0 Å². The van der Waals surface area contributed by atoms with Gasteiger partial charge >= 0.3 is 0 Å². The van der Waals surface area contributed by atoms with Crippen molar-refractivity contribution >= 4 is 0 Å². The van der Waals surface area contributed by atoms with Gasteiger partial charge in [-0.05, 0) is 43.7 Å². The van der Waals surface area contributed by atoms with E-state index in [0.29, 0.717) is 0 Å². The molecule has 0 radical (unpaired) electrons. The Morgan fingerprint density at radius 3 is 2.36 bits per heavy atom. The second kappa shape index (κ2) is 2.48. The van der Waals surface area contributed by atoms with Crippen molar-refractivity contribution in [3.05, 3.63) is 0 Å². The molecule has 0 aromatic heterocycles. The van der Waals surface area contributed by atoms with Gasteiger partial charge in [0, 0.05) is 6.54 Å². The van der Waals surface area contributed by atoms with Gasteiger partial charge in [-0.15, -0.1) is 0 Å². The van der Waals surface area contributed by atoms with Crippen molar-refractivity contribution in [2.75, 3.05) is 20.1 Å². The van der Waals surface area contributed by atoms with Crippen LogP contribution in [0, 0.1) is 23.7 Å². The summed E-state index contributed by atoms with van der Waals surface area (Å²) in [7, 11) is 2.26. The molecule has 2 aliphatic heterocycles. The van der Waals surface area contributed by atoms with E-state index in [4.69, 9.17) is 0 Å². The van der Waals surface area contributed by atoms with Crippen LogP contribution in [0.25, 0.3) is 0 Å². The van der Waals surface area contributed by atoms with E-state index in [1.54, 1.807) is 0 Å². The van der Waals surface area contributed by atoms with Crippen molar-refractivity contribution in [2.45, 2.75) is 20.3 Å². The lowest BCUT2D eigenvalue weighted by Gasteiger charge is -2.47. The zero-order chi connectivity index (χ0) is 8.01. The van der Waals surface area contributed by atoms with Gasteiger partial charge in [-0.25, -0.2) is 0 Å². The maximum atomic E-state index is 2.50. The first-order chi connectivity index (χ1) is 5.20. The van der Waals surface area contributed by atoms with Gasteiger partial charge in [0.05, 0.1) is 0 Å². The molecule has 1 aliphatic carbocycles.